The van der Waals surface area contributed by atoms with E-state index in [0.717, 1.165) is 38.5 Å². The Morgan fingerprint density at radius 2 is 1.40 bits per heavy atom. The third-order valence-corrected chi connectivity index (χ3v) is 11.5. The smallest absolute Gasteiger partial charge is 0.306 e. The Kier molecular flexibility index (Phi) is 30.1. The quantitative estimate of drug-likeness (QED) is 0.0138. The van der Waals surface area contributed by atoms with Gasteiger partial charge in [-0.15, -0.1) is 0 Å². The minimum atomic E-state index is -4.64. The molecule has 12 nitrogen and oxygen atoms in total. The Morgan fingerprint density at radius 3 is 2.04 bits per heavy atom. The number of quaternary nitrogens is 1. The van der Waals surface area contributed by atoms with Crippen LogP contribution in [0.25, 0.3) is 0 Å². The average Bonchev–Trinajstić information content (AvgIpc) is 3.40. The van der Waals surface area contributed by atoms with Crippen molar-refractivity contribution in [2.24, 2.45) is 11.8 Å². The summed E-state index contributed by atoms with van der Waals surface area (Å²) < 4.78 is 34.2. The van der Waals surface area contributed by atoms with Crippen LogP contribution in [0.2, 0.25) is 0 Å². The topological polar surface area (TPSA) is 172 Å². The Morgan fingerprint density at radius 1 is 0.807 bits per heavy atom. The first kappa shape index (κ1) is 53.4. The van der Waals surface area contributed by atoms with E-state index in [2.05, 4.69) is 13.8 Å². The van der Waals surface area contributed by atoms with Crippen molar-refractivity contribution in [2.75, 3.05) is 47.5 Å². The highest BCUT2D eigenvalue weighted by Crippen LogP contribution is 2.39. The maximum absolute atomic E-state index is 12.9. The van der Waals surface area contributed by atoms with Crippen LogP contribution in [0.4, 0.5) is 0 Å². The summed E-state index contributed by atoms with van der Waals surface area (Å²) in [6, 6.07) is 0. The molecule has 0 aromatic rings. The number of phosphoric ester groups is 1. The highest BCUT2D eigenvalue weighted by molar-refractivity contribution is 7.45. The maximum Gasteiger partial charge on any atom is 0.306 e. The van der Waals surface area contributed by atoms with Gasteiger partial charge in [0.25, 0.3) is 7.82 Å². The SMILES string of the molecule is CCCCCCCCCCCCCC/C=C/OC[C@H](COP(=O)([O-])OCC[N+](C)(C)C)OC(=O)CCCCC(=O)C[C@@H]1[C@@H](/C=C/[C@@H](O)CCCCC)[C@H](O)C[C@@H]1O. The van der Waals surface area contributed by atoms with E-state index in [4.69, 9.17) is 18.5 Å². The largest absolute Gasteiger partial charge is 0.756 e. The van der Waals surface area contributed by atoms with Gasteiger partial charge >= 0.3 is 5.97 Å². The zero-order chi connectivity index (χ0) is 42.4. The third-order valence-electron chi connectivity index (χ3n) is 10.6. The van der Waals surface area contributed by atoms with Crippen LogP contribution < -0.4 is 4.89 Å². The monoisotopic (exact) mass is 832 g/mol. The standard InChI is InChI=1S/C44H82NO11P/c1-6-8-10-11-12-13-14-15-16-17-18-19-20-24-31-53-35-39(36-55-57(51,52)54-32-30-45(3,4)5)56-44(50)27-23-22-26-38(47)33-41-40(42(48)34-43(41)49)29-28-37(46)25-21-9-7-2/h24,28-29,31,37,39-43,46,48-49H,6-23,25-27,30,32-36H2,1-5H3/b29-28+,31-24+/t37-,39+,40+,41+,42+,43-/m0/s1. The van der Waals surface area contributed by atoms with E-state index >= 15 is 0 Å². The van der Waals surface area contributed by atoms with Crippen molar-refractivity contribution in [2.45, 2.75) is 186 Å². The van der Waals surface area contributed by atoms with Crippen molar-refractivity contribution in [3.8, 4) is 0 Å². The summed E-state index contributed by atoms with van der Waals surface area (Å²) >= 11 is 0. The molecule has 334 valence electrons. The van der Waals surface area contributed by atoms with Crippen LogP contribution in [-0.4, -0.2) is 103 Å². The van der Waals surface area contributed by atoms with Crippen molar-refractivity contribution < 1.29 is 57.4 Å². The van der Waals surface area contributed by atoms with E-state index in [9.17, 15) is 34.4 Å². The first-order valence-electron chi connectivity index (χ1n) is 22.3. The van der Waals surface area contributed by atoms with Crippen LogP contribution in [0.15, 0.2) is 24.5 Å². The maximum atomic E-state index is 12.9. The Bertz CT molecular complexity index is 1140. The van der Waals surface area contributed by atoms with Crippen LogP contribution in [0.5, 0.6) is 0 Å². The first-order valence-corrected chi connectivity index (χ1v) is 23.7. The van der Waals surface area contributed by atoms with Crippen LogP contribution in [-0.2, 0) is 32.7 Å². The zero-order valence-electron chi connectivity index (χ0n) is 36.4. The van der Waals surface area contributed by atoms with Gasteiger partial charge in [0, 0.05) is 37.5 Å². The number of unbranched alkanes of at least 4 members (excludes halogenated alkanes) is 15. The molecular formula is C44H82NO11P. The lowest BCUT2D eigenvalue weighted by atomic mass is 9.87. The molecule has 0 aliphatic heterocycles. The molecule has 1 rings (SSSR count). The Hall–Kier alpha value is -1.63. The van der Waals surface area contributed by atoms with Crippen molar-refractivity contribution in [3.63, 3.8) is 0 Å². The van der Waals surface area contributed by atoms with Crippen molar-refractivity contribution in [1.82, 2.24) is 0 Å². The number of aliphatic hydroxyl groups excluding tert-OH is 3. The van der Waals surface area contributed by atoms with Gasteiger partial charge in [-0.05, 0) is 38.2 Å². The number of esters is 1. The number of allylic oxidation sites excluding steroid dienone is 1. The molecule has 1 aliphatic carbocycles. The van der Waals surface area contributed by atoms with Crippen LogP contribution in [0, 0.1) is 11.8 Å². The summed E-state index contributed by atoms with van der Waals surface area (Å²) in [6.45, 7) is 4.19. The van der Waals surface area contributed by atoms with Gasteiger partial charge in [0.05, 0.1) is 52.3 Å². The molecule has 0 aromatic carbocycles. The lowest BCUT2D eigenvalue weighted by Gasteiger charge is -2.28. The zero-order valence-corrected chi connectivity index (χ0v) is 37.3. The summed E-state index contributed by atoms with van der Waals surface area (Å²) in [5.74, 6) is -1.50. The molecule has 13 heteroatoms. The molecular weight excluding hydrogens is 749 g/mol. The number of rotatable bonds is 37. The summed E-state index contributed by atoms with van der Waals surface area (Å²) in [6.07, 6.45) is 24.8. The second kappa shape index (κ2) is 32.2. The second-order valence-electron chi connectivity index (χ2n) is 17.1. The molecule has 7 atom stereocenters. The molecule has 1 aliphatic rings. The summed E-state index contributed by atoms with van der Waals surface area (Å²) in [4.78, 5) is 38.1. The first-order chi connectivity index (χ1) is 27.2. The van der Waals surface area contributed by atoms with Gasteiger partial charge in [0.1, 0.15) is 25.5 Å². The van der Waals surface area contributed by atoms with Gasteiger partial charge in [-0.1, -0.05) is 116 Å². The van der Waals surface area contributed by atoms with E-state index in [1.165, 1.54) is 64.2 Å². The Labute approximate surface area is 346 Å². The van der Waals surface area contributed by atoms with Gasteiger partial charge in [-0.2, -0.15) is 0 Å². The molecule has 0 heterocycles. The summed E-state index contributed by atoms with van der Waals surface area (Å²) in [5.41, 5.74) is 0. The molecule has 0 spiro atoms. The second-order valence-corrected chi connectivity index (χ2v) is 18.5. The predicted molar refractivity (Wildman–Crippen MR) is 224 cm³/mol. The van der Waals surface area contributed by atoms with Gasteiger partial charge < -0.3 is 43.2 Å². The average molecular weight is 832 g/mol. The molecule has 0 radical (unpaired) electrons. The number of ketones is 1. The molecule has 0 saturated heterocycles. The fraction of sp³-hybridized carbons (Fsp3) is 0.864. The molecule has 3 N–H and O–H groups in total. The molecule has 0 amide bonds. The van der Waals surface area contributed by atoms with Gasteiger partial charge in [-0.25, -0.2) is 0 Å². The molecule has 57 heavy (non-hydrogen) atoms. The van der Waals surface area contributed by atoms with Crippen molar-refractivity contribution in [1.29, 1.82) is 0 Å². The number of carbonyl (C=O) groups excluding carboxylic acids is 2. The highest BCUT2D eigenvalue weighted by Gasteiger charge is 2.41. The fourth-order valence-electron chi connectivity index (χ4n) is 6.98. The van der Waals surface area contributed by atoms with Crippen molar-refractivity contribution in [3.05, 3.63) is 24.5 Å². The summed E-state index contributed by atoms with van der Waals surface area (Å²) in [7, 11) is 1.10. The number of hydrogen-bond donors (Lipinski definition) is 3. The fourth-order valence-corrected chi connectivity index (χ4v) is 7.71. The molecule has 0 aromatic heterocycles. The van der Waals surface area contributed by atoms with E-state index in [-0.39, 0.29) is 44.7 Å². The van der Waals surface area contributed by atoms with Crippen molar-refractivity contribution >= 4 is 19.6 Å². The highest BCUT2D eigenvalue weighted by atomic mass is 31.2. The predicted octanol–water partition coefficient (Wildman–Crippen LogP) is 8.10. The molecule has 1 unspecified atom stereocenters. The minimum Gasteiger partial charge on any atom is -0.756 e. The number of Topliss-reactive ketones (excluding diaryl/α,β-unsaturated/α-hetero) is 1. The molecule has 0 bridgehead atoms. The van der Waals surface area contributed by atoms with Crippen LogP contribution in [0.1, 0.15) is 162 Å². The van der Waals surface area contributed by atoms with E-state index in [1.54, 1.807) is 18.4 Å². The number of carbonyl (C=O) groups is 2. The molecule has 1 fully saturated rings. The van der Waals surface area contributed by atoms with E-state index < -0.39 is 56.7 Å². The number of aliphatic hydroxyl groups is 3. The number of phosphoric acid groups is 1. The normalized spacial score (nSPS) is 20.9. The molecule has 1 saturated carbocycles. The number of nitrogens with zero attached hydrogens (tertiary/aromatic N) is 1. The number of ether oxygens (including phenoxy) is 2. The van der Waals surface area contributed by atoms with Crippen LogP contribution >= 0.6 is 7.82 Å². The third kappa shape index (κ3) is 29.3. The van der Waals surface area contributed by atoms with E-state index in [1.807, 2.05) is 27.2 Å². The lowest BCUT2D eigenvalue weighted by molar-refractivity contribution is -0.870. The van der Waals surface area contributed by atoms with E-state index in [0.29, 0.717) is 30.3 Å². The minimum absolute atomic E-state index is 0.0136. The Balaban J connectivity index is 2.51. The lowest BCUT2D eigenvalue weighted by Crippen LogP contribution is -2.37. The van der Waals surface area contributed by atoms with Crippen LogP contribution in [0.3, 0.4) is 0 Å². The number of likely N-dealkylation sites (N-methyl/N-ethyl adjacent to an activating group) is 1. The van der Waals surface area contributed by atoms with Gasteiger partial charge in [0.15, 0.2) is 6.10 Å². The van der Waals surface area contributed by atoms with Gasteiger partial charge in [-0.3, -0.25) is 14.2 Å². The summed E-state index contributed by atoms with van der Waals surface area (Å²) in [5, 5.41) is 31.4. The number of hydrogen-bond acceptors (Lipinski definition) is 11. The van der Waals surface area contributed by atoms with Gasteiger partial charge in [0.2, 0.25) is 0 Å².